The normalized spacial score (nSPS) is 12.2. The molecule has 1 rings (SSSR count). The van der Waals surface area contributed by atoms with Crippen LogP contribution in [-0.4, -0.2) is 38.1 Å². The third-order valence-corrected chi connectivity index (χ3v) is 2.25. The van der Waals surface area contributed by atoms with Crippen LogP contribution in [0, 0.1) is 0 Å². The Morgan fingerprint density at radius 1 is 1.47 bits per heavy atom. The van der Waals surface area contributed by atoms with Gasteiger partial charge >= 0.3 is 0 Å². The van der Waals surface area contributed by atoms with Gasteiger partial charge in [-0.3, -0.25) is 0 Å². The first-order chi connectivity index (χ1) is 8.19. The van der Waals surface area contributed by atoms with Gasteiger partial charge in [0.1, 0.15) is 5.75 Å². The third-order valence-electron chi connectivity index (χ3n) is 2.25. The molecule has 96 valence electrons. The molecule has 0 heterocycles. The first kappa shape index (κ1) is 13.6. The lowest BCUT2D eigenvalue weighted by molar-refractivity contribution is 0.0727. The molecule has 1 atom stereocenters. The Bertz CT molecular complexity index is 345. The average Bonchev–Trinajstić information content (AvgIpc) is 2.31. The van der Waals surface area contributed by atoms with Crippen molar-refractivity contribution in [1.29, 1.82) is 0 Å². The minimum Gasteiger partial charge on any atom is -0.492 e. The molecule has 1 unspecified atom stereocenters. The summed E-state index contributed by atoms with van der Waals surface area (Å²) < 4.78 is 10.2. The maximum absolute atomic E-state index is 9.51. The molecule has 0 aliphatic rings. The van der Waals surface area contributed by atoms with E-state index in [2.05, 4.69) is 5.32 Å². The minimum absolute atomic E-state index is 0.290. The fourth-order valence-corrected chi connectivity index (χ4v) is 1.46. The van der Waals surface area contributed by atoms with Crippen LogP contribution in [0.5, 0.6) is 5.75 Å². The Labute approximate surface area is 102 Å². The largest absolute Gasteiger partial charge is 0.492 e. The van der Waals surface area contributed by atoms with Crippen molar-refractivity contribution in [3.05, 3.63) is 18.2 Å². The van der Waals surface area contributed by atoms with Gasteiger partial charge in [0, 0.05) is 13.7 Å². The summed E-state index contributed by atoms with van der Waals surface area (Å²) in [4.78, 5) is 0. The molecule has 0 amide bonds. The zero-order valence-corrected chi connectivity index (χ0v) is 10.3. The van der Waals surface area contributed by atoms with E-state index in [0.717, 1.165) is 5.69 Å². The van der Waals surface area contributed by atoms with Crippen molar-refractivity contribution >= 4 is 11.4 Å². The van der Waals surface area contributed by atoms with E-state index in [1.165, 1.54) is 0 Å². The zero-order chi connectivity index (χ0) is 12.7. The highest BCUT2D eigenvalue weighted by Crippen LogP contribution is 2.29. The SMILES string of the molecule is CCOc1cccc(NCC(O)COC)c1N. The smallest absolute Gasteiger partial charge is 0.144 e. The number of para-hydroxylation sites is 1. The van der Waals surface area contributed by atoms with Crippen molar-refractivity contribution in [1.82, 2.24) is 0 Å². The predicted octanol–water partition coefficient (Wildman–Crippen LogP) is 1.09. The van der Waals surface area contributed by atoms with Crippen LogP contribution in [0.15, 0.2) is 18.2 Å². The van der Waals surface area contributed by atoms with Crippen LogP contribution in [0.3, 0.4) is 0 Å². The summed E-state index contributed by atoms with van der Waals surface area (Å²) in [5.74, 6) is 0.652. The van der Waals surface area contributed by atoms with Gasteiger partial charge in [-0.15, -0.1) is 0 Å². The number of rotatable bonds is 7. The van der Waals surface area contributed by atoms with Gasteiger partial charge in [0.15, 0.2) is 0 Å². The van der Waals surface area contributed by atoms with E-state index in [0.29, 0.717) is 24.6 Å². The van der Waals surface area contributed by atoms with Crippen molar-refractivity contribution < 1.29 is 14.6 Å². The van der Waals surface area contributed by atoms with Crippen molar-refractivity contribution in [3.8, 4) is 5.75 Å². The van der Waals surface area contributed by atoms with Crippen LogP contribution in [0.4, 0.5) is 11.4 Å². The number of nitrogens with one attached hydrogen (secondary N) is 1. The second-order valence-electron chi connectivity index (χ2n) is 3.64. The molecule has 0 radical (unpaired) electrons. The Balaban J connectivity index is 2.61. The fourth-order valence-electron chi connectivity index (χ4n) is 1.46. The molecule has 0 aromatic heterocycles. The van der Waals surface area contributed by atoms with Gasteiger partial charge in [0.2, 0.25) is 0 Å². The van der Waals surface area contributed by atoms with E-state index in [9.17, 15) is 5.11 Å². The highest BCUT2D eigenvalue weighted by atomic mass is 16.5. The van der Waals surface area contributed by atoms with E-state index in [1.807, 2.05) is 25.1 Å². The van der Waals surface area contributed by atoms with Crippen LogP contribution in [0.1, 0.15) is 6.92 Å². The van der Waals surface area contributed by atoms with Crippen LogP contribution < -0.4 is 15.8 Å². The summed E-state index contributed by atoms with van der Waals surface area (Å²) in [7, 11) is 1.55. The first-order valence-corrected chi connectivity index (χ1v) is 5.61. The van der Waals surface area contributed by atoms with Crippen molar-refractivity contribution in [2.45, 2.75) is 13.0 Å². The number of methoxy groups -OCH3 is 1. The second kappa shape index (κ2) is 6.98. The Kier molecular flexibility index (Phi) is 5.59. The molecule has 5 nitrogen and oxygen atoms in total. The zero-order valence-electron chi connectivity index (χ0n) is 10.3. The molecule has 0 saturated carbocycles. The van der Waals surface area contributed by atoms with E-state index in [1.54, 1.807) is 7.11 Å². The molecule has 4 N–H and O–H groups in total. The summed E-state index contributed by atoms with van der Waals surface area (Å²) in [5, 5.41) is 12.6. The molecule has 0 fully saturated rings. The molecule has 0 bridgehead atoms. The summed E-state index contributed by atoms with van der Waals surface area (Å²) in [5.41, 5.74) is 7.24. The van der Waals surface area contributed by atoms with E-state index in [4.69, 9.17) is 15.2 Å². The van der Waals surface area contributed by atoms with Crippen LogP contribution in [-0.2, 0) is 4.74 Å². The maximum Gasteiger partial charge on any atom is 0.144 e. The quantitative estimate of drug-likeness (QED) is 0.622. The molecule has 5 heteroatoms. The molecule has 17 heavy (non-hydrogen) atoms. The van der Waals surface area contributed by atoms with Crippen LogP contribution in [0.25, 0.3) is 0 Å². The second-order valence-corrected chi connectivity index (χ2v) is 3.64. The molecule has 0 aliphatic heterocycles. The van der Waals surface area contributed by atoms with Gasteiger partial charge in [-0.05, 0) is 19.1 Å². The van der Waals surface area contributed by atoms with Gasteiger partial charge in [-0.1, -0.05) is 6.07 Å². The number of ether oxygens (including phenoxy) is 2. The number of hydrogen-bond donors (Lipinski definition) is 3. The molecule has 0 saturated heterocycles. The van der Waals surface area contributed by atoms with Gasteiger partial charge in [0.25, 0.3) is 0 Å². The number of nitrogens with two attached hydrogens (primary N) is 1. The lowest BCUT2D eigenvalue weighted by Crippen LogP contribution is -2.24. The average molecular weight is 240 g/mol. The Morgan fingerprint density at radius 3 is 2.88 bits per heavy atom. The van der Waals surface area contributed by atoms with Gasteiger partial charge in [-0.2, -0.15) is 0 Å². The van der Waals surface area contributed by atoms with E-state index >= 15 is 0 Å². The Morgan fingerprint density at radius 2 is 2.24 bits per heavy atom. The van der Waals surface area contributed by atoms with Crippen LogP contribution in [0.2, 0.25) is 0 Å². The summed E-state index contributed by atoms with van der Waals surface area (Å²) in [6, 6.07) is 5.51. The highest BCUT2D eigenvalue weighted by molar-refractivity contribution is 5.72. The van der Waals surface area contributed by atoms with Gasteiger partial charge in [-0.25, -0.2) is 0 Å². The monoisotopic (exact) mass is 240 g/mol. The third kappa shape index (κ3) is 4.13. The number of benzene rings is 1. The first-order valence-electron chi connectivity index (χ1n) is 5.61. The predicted molar refractivity (Wildman–Crippen MR) is 68.4 cm³/mol. The molecular formula is C12H20N2O3. The number of nitrogen functional groups attached to an aromatic ring is 1. The summed E-state index contributed by atoms with van der Waals surface area (Å²) in [6.45, 7) is 3.15. The maximum atomic E-state index is 9.51. The van der Waals surface area contributed by atoms with Crippen LogP contribution >= 0.6 is 0 Å². The summed E-state index contributed by atoms with van der Waals surface area (Å²) >= 11 is 0. The van der Waals surface area contributed by atoms with E-state index in [-0.39, 0.29) is 6.61 Å². The molecule has 1 aromatic rings. The lowest BCUT2D eigenvalue weighted by atomic mass is 10.2. The molecule has 0 spiro atoms. The number of aliphatic hydroxyl groups excluding tert-OH is 1. The van der Waals surface area contributed by atoms with Gasteiger partial charge < -0.3 is 25.6 Å². The number of aliphatic hydroxyl groups is 1. The highest BCUT2D eigenvalue weighted by Gasteiger charge is 2.07. The van der Waals surface area contributed by atoms with Crippen molar-refractivity contribution in [2.24, 2.45) is 0 Å². The molecule has 0 aliphatic carbocycles. The molecule has 1 aromatic carbocycles. The fraction of sp³-hybridized carbons (Fsp3) is 0.500. The number of anilines is 2. The number of hydrogen-bond acceptors (Lipinski definition) is 5. The van der Waals surface area contributed by atoms with Gasteiger partial charge in [0.05, 0.1) is 30.7 Å². The van der Waals surface area contributed by atoms with Crippen molar-refractivity contribution in [3.63, 3.8) is 0 Å². The van der Waals surface area contributed by atoms with E-state index < -0.39 is 6.10 Å². The lowest BCUT2D eigenvalue weighted by Gasteiger charge is -2.15. The standard InChI is InChI=1S/C12H20N2O3/c1-3-17-11-6-4-5-10(12(11)13)14-7-9(15)8-16-2/h4-6,9,14-15H,3,7-8,13H2,1-2H3. The molecular weight excluding hydrogens is 220 g/mol. The van der Waals surface area contributed by atoms with Crippen molar-refractivity contribution in [2.75, 3.05) is 37.9 Å². The topological polar surface area (TPSA) is 76.7 Å². The minimum atomic E-state index is -0.560. The Hall–Kier alpha value is -1.46. The summed E-state index contributed by atoms with van der Waals surface area (Å²) in [6.07, 6.45) is -0.560.